The van der Waals surface area contributed by atoms with Crippen molar-refractivity contribution in [2.75, 3.05) is 31.4 Å². The number of rotatable bonds is 3. The molecule has 0 bridgehead atoms. The molecule has 0 aromatic carbocycles. The summed E-state index contributed by atoms with van der Waals surface area (Å²) < 4.78 is 0. The molecule has 0 amide bonds. The summed E-state index contributed by atoms with van der Waals surface area (Å²) in [6, 6.07) is 0. The van der Waals surface area contributed by atoms with Crippen molar-refractivity contribution in [3.8, 4) is 0 Å². The second-order valence-electron chi connectivity index (χ2n) is 3.62. The first kappa shape index (κ1) is 10.7. The van der Waals surface area contributed by atoms with Crippen LogP contribution in [0.25, 0.3) is 0 Å². The van der Waals surface area contributed by atoms with Crippen molar-refractivity contribution < 1.29 is 0 Å². The lowest BCUT2D eigenvalue weighted by Crippen LogP contribution is -2.16. The summed E-state index contributed by atoms with van der Waals surface area (Å²) >= 11 is 0. The fourth-order valence-electron chi connectivity index (χ4n) is 0.951. The fourth-order valence-corrected chi connectivity index (χ4v) is 0.951. The Morgan fingerprint density at radius 2 is 1.79 bits per heavy atom. The molecule has 0 fully saturated rings. The Hall–Kier alpha value is -1.39. The minimum Gasteiger partial charge on any atom is -0.357 e. The summed E-state index contributed by atoms with van der Waals surface area (Å²) in [4.78, 5) is 14.7. The first-order chi connectivity index (χ1) is 6.54. The summed E-state index contributed by atoms with van der Waals surface area (Å²) in [6.07, 6.45) is 0. The molecular weight excluding hydrogens is 178 g/mol. The van der Waals surface area contributed by atoms with Gasteiger partial charge in [0.1, 0.15) is 5.82 Å². The van der Waals surface area contributed by atoms with Crippen molar-refractivity contribution in [2.45, 2.75) is 19.8 Å². The molecule has 1 aromatic rings. The number of aromatic nitrogens is 3. The smallest absolute Gasteiger partial charge is 0.229 e. The predicted molar refractivity (Wildman–Crippen MR) is 57.8 cm³/mol. The van der Waals surface area contributed by atoms with Crippen LogP contribution in [0.2, 0.25) is 0 Å². The molecule has 14 heavy (non-hydrogen) atoms. The molecule has 0 saturated carbocycles. The maximum absolute atomic E-state index is 4.34. The van der Waals surface area contributed by atoms with Crippen molar-refractivity contribution >= 4 is 11.9 Å². The first-order valence-electron chi connectivity index (χ1n) is 4.65. The van der Waals surface area contributed by atoms with E-state index in [0.29, 0.717) is 17.8 Å². The highest BCUT2D eigenvalue weighted by Crippen LogP contribution is 2.14. The highest BCUT2D eigenvalue weighted by atomic mass is 15.3. The molecule has 0 unspecified atom stereocenters. The Kier molecular flexibility index (Phi) is 3.22. The fraction of sp³-hybridized carbons (Fsp3) is 0.667. The van der Waals surface area contributed by atoms with E-state index in [9.17, 15) is 0 Å². The first-order valence-corrected chi connectivity index (χ1v) is 4.65. The standard InChI is InChI=1S/C9H17N5/c1-6(2)7-11-8(10-3)13-9(12-7)14(4)5/h6H,1-5H3,(H,10,11,12,13). The van der Waals surface area contributed by atoms with E-state index in [4.69, 9.17) is 0 Å². The second-order valence-corrected chi connectivity index (χ2v) is 3.62. The van der Waals surface area contributed by atoms with Gasteiger partial charge in [-0.15, -0.1) is 0 Å². The number of hydrogen-bond donors (Lipinski definition) is 1. The van der Waals surface area contributed by atoms with Crippen LogP contribution in [0.4, 0.5) is 11.9 Å². The third-order valence-electron chi connectivity index (χ3n) is 1.78. The molecule has 1 heterocycles. The van der Waals surface area contributed by atoms with Crippen LogP contribution < -0.4 is 10.2 Å². The van der Waals surface area contributed by atoms with Gasteiger partial charge >= 0.3 is 0 Å². The monoisotopic (exact) mass is 195 g/mol. The summed E-state index contributed by atoms with van der Waals surface area (Å²) in [5, 5.41) is 2.93. The third-order valence-corrected chi connectivity index (χ3v) is 1.78. The van der Waals surface area contributed by atoms with Crippen LogP contribution in [0.3, 0.4) is 0 Å². The lowest BCUT2D eigenvalue weighted by molar-refractivity contribution is 0.756. The van der Waals surface area contributed by atoms with Gasteiger partial charge in [-0.3, -0.25) is 0 Å². The van der Waals surface area contributed by atoms with E-state index in [1.807, 2.05) is 19.0 Å². The molecule has 1 N–H and O–H groups in total. The Morgan fingerprint density at radius 1 is 1.14 bits per heavy atom. The van der Waals surface area contributed by atoms with E-state index >= 15 is 0 Å². The van der Waals surface area contributed by atoms with Gasteiger partial charge in [-0.05, 0) is 0 Å². The number of nitrogens with one attached hydrogen (secondary N) is 1. The maximum atomic E-state index is 4.34. The van der Waals surface area contributed by atoms with Crippen molar-refractivity contribution in [3.63, 3.8) is 0 Å². The molecule has 5 heteroatoms. The van der Waals surface area contributed by atoms with Crippen molar-refractivity contribution in [1.29, 1.82) is 0 Å². The van der Waals surface area contributed by atoms with Crippen LogP contribution >= 0.6 is 0 Å². The van der Waals surface area contributed by atoms with Crippen LogP contribution in [0, 0.1) is 0 Å². The van der Waals surface area contributed by atoms with Gasteiger partial charge in [-0.25, -0.2) is 0 Å². The molecule has 78 valence electrons. The van der Waals surface area contributed by atoms with Gasteiger partial charge in [0.15, 0.2) is 0 Å². The van der Waals surface area contributed by atoms with Crippen LogP contribution in [0.1, 0.15) is 25.6 Å². The molecular formula is C9H17N5. The lowest BCUT2D eigenvalue weighted by Gasteiger charge is -2.13. The zero-order valence-corrected chi connectivity index (χ0v) is 9.37. The SMILES string of the molecule is CNc1nc(C(C)C)nc(N(C)C)n1. The summed E-state index contributed by atoms with van der Waals surface area (Å²) in [7, 11) is 5.64. The largest absolute Gasteiger partial charge is 0.357 e. The van der Waals surface area contributed by atoms with Gasteiger partial charge in [-0.2, -0.15) is 15.0 Å². The summed E-state index contributed by atoms with van der Waals surface area (Å²) in [5.41, 5.74) is 0. The topological polar surface area (TPSA) is 53.9 Å². The highest BCUT2D eigenvalue weighted by Gasteiger charge is 2.09. The van der Waals surface area contributed by atoms with E-state index in [0.717, 1.165) is 5.82 Å². The van der Waals surface area contributed by atoms with Gasteiger partial charge < -0.3 is 10.2 Å². The van der Waals surface area contributed by atoms with E-state index in [1.165, 1.54) is 0 Å². The Balaban J connectivity index is 3.13. The molecule has 0 aliphatic rings. The van der Waals surface area contributed by atoms with Crippen LogP contribution in [0.15, 0.2) is 0 Å². The van der Waals surface area contributed by atoms with Crippen molar-refractivity contribution in [1.82, 2.24) is 15.0 Å². The third kappa shape index (κ3) is 2.31. The van der Waals surface area contributed by atoms with E-state index in [1.54, 1.807) is 7.05 Å². The molecule has 1 rings (SSSR count). The summed E-state index contributed by atoms with van der Waals surface area (Å²) in [6.45, 7) is 4.13. The van der Waals surface area contributed by atoms with Crippen LogP contribution in [0.5, 0.6) is 0 Å². The Labute approximate surface area is 84.6 Å². The van der Waals surface area contributed by atoms with Gasteiger partial charge in [0.25, 0.3) is 0 Å². The van der Waals surface area contributed by atoms with E-state index < -0.39 is 0 Å². The van der Waals surface area contributed by atoms with Gasteiger partial charge in [-0.1, -0.05) is 13.8 Å². The van der Waals surface area contributed by atoms with Crippen molar-refractivity contribution in [2.24, 2.45) is 0 Å². The molecule has 5 nitrogen and oxygen atoms in total. The Morgan fingerprint density at radius 3 is 2.21 bits per heavy atom. The average Bonchev–Trinajstić information content (AvgIpc) is 2.16. The lowest BCUT2D eigenvalue weighted by atomic mass is 10.2. The number of hydrogen-bond acceptors (Lipinski definition) is 5. The average molecular weight is 195 g/mol. The minimum atomic E-state index is 0.309. The van der Waals surface area contributed by atoms with Crippen LogP contribution in [-0.4, -0.2) is 36.1 Å². The van der Waals surface area contributed by atoms with Gasteiger partial charge in [0, 0.05) is 27.1 Å². The normalized spacial score (nSPS) is 10.4. The minimum absolute atomic E-state index is 0.309. The second kappa shape index (κ2) is 4.21. The number of nitrogens with zero attached hydrogens (tertiary/aromatic N) is 4. The van der Waals surface area contributed by atoms with Crippen LogP contribution in [-0.2, 0) is 0 Å². The van der Waals surface area contributed by atoms with Crippen molar-refractivity contribution in [3.05, 3.63) is 5.82 Å². The molecule has 0 aliphatic carbocycles. The Bertz CT molecular complexity index is 282. The molecule has 0 saturated heterocycles. The predicted octanol–water partition coefficient (Wildman–Crippen LogP) is 1.10. The van der Waals surface area contributed by atoms with E-state index in [-0.39, 0.29) is 0 Å². The maximum Gasteiger partial charge on any atom is 0.229 e. The zero-order valence-electron chi connectivity index (χ0n) is 9.37. The van der Waals surface area contributed by atoms with Gasteiger partial charge in [0.2, 0.25) is 11.9 Å². The molecule has 0 radical (unpaired) electrons. The molecule has 0 aliphatic heterocycles. The van der Waals surface area contributed by atoms with Gasteiger partial charge in [0.05, 0.1) is 0 Å². The molecule has 0 atom stereocenters. The molecule has 0 spiro atoms. The quantitative estimate of drug-likeness (QED) is 0.782. The zero-order chi connectivity index (χ0) is 10.7. The number of anilines is 2. The van der Waals surface area contributed by atoms with E-state index in [2.05, 4.69) is 34.1 Å². The molecule has 1 aromatic heterocycles. The summed E-state index contributed by atoms with van der Waals surface area (Å²) in [5.74, 6) is 2.43. The highest BCUT2D eigenvalue weighted by molar-refractivity contribution is 5.35.